The first-order valence-corrected chi connectivity index (χ1v) is 5.77. The summed E-state index contributed by atoms with van der Waals surface area (Å²) in [6.45, 7) is 9.06. The Morgan fingerprint density at radius 1 is 1.19 bits per heavy atom. The molecule has 0 spiro atoms. The third-order valence-corrected chi connectivity index (χ3v) is 3.40. The third-order valence-electron chi connectivity index (χ3n) is 3.40. The molecule has 2 rings (SSSR count). The number of hydrogen-bond donors (Lipinski definition) is 0. The molecular weight excluding hydrogens is 198 g/mol. The summed E-state index contributed by atoms with van der Waals surface area (Å²) in [6.07, 6.45) is 0.654. The highest BCUT2D eigenvalue weighted by Crippen LogP contribution is 2.35. The lowest BCUT2D eigenvalue weighted by molar-refractivity contribution is -0.116. The molecular formula is C14H19NO. The van der Waals surface area contributed by atoms with E-state index in [4.69, 9.17) is 0 Å². The van der Waals surface area contributed by atoms with Crippen LogP contribution in [0.1, 0.15) is 31.4 Å². The van der Waals surface area contributed by atoms with E-state index in [9.17, 15) is 4.79 Å². The smallest absolute Gasteiger partial charge is 0.154 e. The number of para-hydroxylation sites is 1. The summed E-state index contributed by atoms with van der Waals surface area (Å²) in [5.74, 6) is 0.340. The monoisotopic (exact) mass is 217 g/mol. The number of hydrogen-bond acceptors (Lipinski definition) is 2. The number of nitrogens with zero attached hydrogens (tertiary/aromatic N) is 1. The molecule has 1 fully saturated rings. The van der Waals surface area contributed by atoms with Crippen molar-refractivity contribution in [2.24, 2.45) is 0 Å². The molecule has 0 amide bonds. The maximum atomic E-state index is 11.6. The van der Waals surface area contributed by atoms with E-state index < -0.39 is 0 Å². The molecule has 0 saturated carbocycles. The molecule has 2 nitrogen and oxygen atoms in total. The van der Waals surface area contributed by atoms with Gasteiger partial charge < -0.3 is 4.90 Å². The van der Waals surface area contributed by atoms with Crippen molar-refractivity contribution in [2.75, 3.05) is 11.4 Å². The molecule has 1 aromatic carbocycles. The van der Waals surface area contributed by atoms with Crippen LogP contribution in [0.2, 0.25) is 0 Å². The van der Waals surface area contributed by atoms with E-state index in [0.717, 1.165) is 0 Å². The van der Waals surface area contributed by atoms with Gasteiger partial charge >= 0.3 is 0 Å². The van der Waals surface area contributed by atoms with Crippen molar-refractivity contribution in [1.82, 2.24) is 0 Å². The van der Waals surface area contributed by atoms with Crippen LogP contribution in [0.15, 0.2) is 18.2 Å². The number of carbonyl (C=O) groups is 1. The predicted octanol–water partition coefficient (Wildman–Crippen LogP) is 2.86. The normalized spacial score (nSPS) is 19.2. The molecule has 0 aliphatic carbocycles. The second kappa shape index (κ2) is 3.62. The average Bonchev–Trinajstić information content (AvgIpc) is 2.39. The number of Topliss-reactive ketones (excluding diaryl/α,β-unsaturated/α-hetero) is 1. The van der Waals surface area contributed by atoms with E-state index in [-0.39, 0.29) is 5.54 Å². The molecule has 0 atom stereocenters. The van der Waals surface area contributed by atoms with E-state index in [2.05, 4.69) is 50.8 Å². The molecule has 16 heavy (non-hydrogen) atoms. The summed E-state index contributed by atoms with van der Waals surface area (Å²) in [5.41, 5.74) is 3.69. The fourth-order valence-electron chi connectivity index (χ4n) is 2.64. The van der Waals surface area contributed by atoms with E-state index >= 15 is 0 Å². The van der Waals surface area contributed by atoms with E-state index in [1.807, 2.05) is 0 Å². The minimum atomic E-state index is -0.0477. The molecule has 2 heteroatoms. The van der Waals surface area contributed by atoms with Gasteiger partial charge in [-0.2, -0.15) is 0 Å². The zero-order valence-corrected chi connectivity index (χ0v) is 10.5. The lowest BCUT2D eigenvalue weighted by Crippen LogP contribution is -2.39. The Morgan fingerprint density at radius 3 is 2.19 bits per heavy atom. The van der Waals surface area contributed by atoms with Crippen molar-refractivity contribution in [1.29, 1.82) is 0 Å². The van der Waals surface area contributed by atoms with Gasteiger partial charge in [0.2, 0.25) is 0 Å². The van der Waals surface area contributed by atoms with Crippen molar-refractivity contribution in [2.45, 2.75) is 39.7 Å². The summed E-state index contributed by atoms with van der Waals surface area (Å²) in [4.78, 5) is 13.9. The molecule has 1 aliphatic heterocycles. The van der Waals surface area contributed by atoms with Gasteiger partial charge in [-0.1, -0.05) is 18.2 Å². The summed E-state index contributed by atoms with van der Waals surface area (Å²) < 4.78 is 0. The fourth-order valence-corrected chi connectivity index (χ4v) is 2.64. The van der Waals surface area contributed by atoms with Crippen LogP contribution in [0.5, 0.6) is 0 Å². The summed E-state index contributed by atoms with van der Waals surface area (Å²) in [7, 11) is 0. The topological polar surface area (TPSA) is 20.3 Å². The van der Waals surface area contributed by atoms with E-state index in [1.54, 1.807) is 0 Å². The number of ketones is 1. The maximum Gasteiger partial charge on any atom is 0.154 e. The number of anilines is 1. The number of benzene rings is 1. The molecule has 1 saturated heterocycles. The molecule has 0 radical (unpaired) electrons. The van der Waals surface area contributed by atoms with Crippen LogP contribution in [0.3, 0.4) is 0 Å². The average molecular weight is 217 g/mol. The highest BCUT2D eigenvalue weighted by molar-refractivity contribution is 5.90. The first-order valence-electron chi connectivity index (χ1n) is 5.77. The molecule has 1 aromatic rings. The number of carbonyl (C=O) groups excluding carboxylic acids is 1. The van der Waals surface area contributed by atoms with Crippen molar-refractivity contribution < 1.29 is 4.79 Å². The Hall–Kier alpha value is -1.31. The maximum absolute atomic E-state index is 11.6. The largest absolute Gasteiger partial charge is 0.358 e. The van der Waals surface area contributed by atoms with Crippen molar-refractivity contribution in [3.05, 3.63) is 29.3 Å². The van der Waals surface area contributed by atoms with Crippen LogP contribution in [-0.2, 0) is 4.79 Å². The van der Waals surface area contributed by atoms with Gasteiger partial charge in [-0.15, -0.1) is 0 Å². The van der Waals surface area contributed by atoms with E-state index in [1.165, 1.54) is 16.8 Å². The molecule has 1 heterocycles. The summed E-state index contributed by atoms with van der Waals surface area (Å²) in [6, 6.07) is 6.29. The zero-order valence-electron chi connectivity index (χ0n) is 10.5. The minimum absolute atomic E-state index is 0.0477. The standard InChI is InChI=1S/C14H19NO/c1-10-6-5-7-11(2)13(10)15-9-12(16)8-14(15,3)4/h5-7H,8-9H2,1-4H3. The van der Waals surface area contributed by atoms with Gasteiger partial charge in [0.15, 0.2) is 5.78 Å². The SMILES string of the molecule is Cc1cccc(C)c1N1CC(=O)CC1(C)C. The Labute approximate surface area is 97.3 Å². The summed E-state index contributed by atoms with van der Waals surface area (Å²) in [5, 5.41) is 0. The highest BCUT2D eigenvalue weighted by Gasteiger charge is 2.38. The molecule has 0 bridgehead atoms. The first kappa shape index (κ1) is 11.2. The molecule has 1 aliphatic rings. The predicted molar refractivity (Wildman–Crippen MR) is 67.0 cm³/mol. The van der Waals surface area contributed by atoms with Crippen molar-refractivity contribution in [3.63, 3.8) is 0 Å². The van der Waals surface area contributed by atoms with Gasteiger partial charge in [-0.25, -0.2) is 0 Å². The molecule has 0 unspecified atom stereocenters. The first-order chi connectivity index (χ1) is 7.42. The van der Waals surface area contributed by atoms with Gasteiger partial charge in [0.05, 0.1) is 6.54 Å². The Bertz CT molecular complexity index is 414. The Morgan fingerprint density at radius 2 is 1.75 bits per heavy atom. The second-order valence-electron chi connectivity index (χ2n) is 5.35. The van der Waals surface area contributed by atoms with E-state index in [0.29, 0.717) is 18.7 Å². The number of aryl methyl sites for hydroxylation is 2. The summed E-state index contributed by atoms with van der Waals surface area (Å²) >= 11 is 0. The quantitative estimate of drug-likeness (QED) is 0.721. The number of rotatable bonds is 1. The van der Waals surface area contributed by atoms with Gasteiger partial charge in [0.25, 0.3) is 0 Å². The lowest BCUT2D eigenvalue weighted by atomic mass is 9.99. The minimum Gasteiger partial charge on any atom is -0.358 e. The van der Waals surface area contributed by atoms with Gasteiger partial charge in [-0.05, 0) is 38.8 Å². The molecule has 0 aromatic heterocycles. The van der Waals surface area contributed by atoms with Crippen LogP contribution < -0.4 is 4.90 Å². The Balaban J connectivity index is 2.49. The van der Waals surface area contributed by atoms with Crippen LogP contribution in [0, 0.1) is 13.8 Å². The van der Waals surface area contributed by atoms with Crippen molar-refractivity contribution in [3.8, 4) is 0 Å². The highest BCUT2D eigenvalue weighted by atomic mass is 16.1. The zero-order chi connectivity index (χ0) is 11.9. The van der Waals surface area contributed by atoms with Crippen LogP contribution in [0.4, 0.5) is 5.69 Å². The van der Waals surface area contributed by atoms with Crippen molar-refractivity contribution >= 4 is 11.5 Å². The van der Waals surface area contributed by atoms with Gasteiger partial charge in [0.1, 0.15) is 0 Å². The van der Waals surface area contributed by atoms with Crippen LogP contribution in [0.25, 0.3) is 0 Å². The molecule has 0 N–H and O–H groups in total. The Kier molecular flexibility index (Phi) is 2.53. The second-order valence-corrected chi connectivity index (χ2v) is 5.35. The lowest BCUT2D eigenvalue weighted by Gasteiger charge is -2.35. The van der Waals surface area contributed by atoms with Crippen LogP contribution >= 0.6 is 0 Å². The molecule has 86 valence electrons. The van der Waals surface area contributed by atoms with Gasteiger partial charge in [0, 0.05) is 17.6 Å². The van der Waals surface area contributed by atoms with Crippen LogP contribution in [-0.4, -0.2) is 17.9 Å². The fraction of sp³-hybridized carbons (Fsp3) is 0.500. The third kappa shape index (κ3) is 1.73. The van der Waals surface area contributed by atoms with Gasteiger partial charge in [-0.3, -0.25) is 4.79 Å².